The standard InChI is InChI=1S/C15H18INO4/c1-4-10(17-13-8-6-5-7-12(13)16)9-11(14(18)20-2)15(19)21-3/h4-8,10-11,17H,1,9H2,2-3H3. The molecule has 5 nitrogen and oxygen atoms in total. The Morgan fingerprint density at radius 3 is 2.33 bits per heavy atom. The minimum atomic E-state index is -0.975. The number of esters is 2. The first-order chi connectivity index (χ1) is 10.0. The van der Waals surface area contributed by atoms with Crippen LogP contribution in [-0.2, 0) is 19.1 Å². The number of anilines is 1. The minimum Gasteiger partial charge on any atom is -0.468 e. The summed E-state index contributed by atoms with van der Waals surface area (Å²) >= 11 is 2.21. The van der Waals surface area contributed by atoms with Crippen molar-refractivity contribution in [3.05, 3.63) is 40.5 Å². The SMILES string of the molecule is C=CC(CC(C(=O)OC)C(=O)OC)Nc1ccccc1I. The Bertz CT molecular complexity index is 502. The van der Waals surface area contributed by atoms with Gasteiger partial charge in [0.1, 0.15) is 0 Å². The average Bonchev–Trinajstić information content (AvgIpc) is 2.51. The second kappa shape index (κ2) is 8.66. The Labute approximate surface area is 137 Å². The Balaban J connectivity index is 2.84. The number of benzene rings is 1. The fourth-order valence-electron chi connectivity index (χ4n) is 1.82. The summed E-state index contributed by atoms with van der Waals surface area (Å²) in [4.78, 5) is 23.4. The summed E-state index contributed by atoms with van der Waals surface area (Å²) in [6, 6.07) is 7.46. The molecule has 0 aliphatic rings. The number of hydrogen-bond donors (Lipinski definition) is 1. The van der Waals surface area contributed by atoms with Gasteiger partial charge in [-0.3, -0.25) is 9.59 Å². The van der Waals surface area contributed by atoms with Crippen LogP contribution < -0.4 is 5.32 Å². The lowest BCUT2D eigenvalue weighted by molar-refractivity contribution is -0.159. The Hall–Kier alpha value is -1.57. The van der Waals surface area contributed by atoms with Gasteiger partial charge in [0.15, 0.2) is 5.92 Å². The van der Waals surface area contributed by atoms with Crippen molar-refractivity contribution >= 4 is 40.2 Å². The minimum absolute atomic E-state index is 0.216. The molecule has 1 rings (SSSR count). The number of halogens is 1. The van der Waals surface area contributed by atoms with Crippen molar-refractivity contribution in [1.82, 2.24) is 0 Å². The molecule has 0 spiro atoms. The van der Waals surface area contributed by atoms with Crippen LogP contribution in [0.3, 0.4) is 0 Å². The molecule has 0 radical (unpaired) electrons. The van der Waals surface area contributed by atoms with Crippen LogP contribution in [-0.4, -0.2) is 32.2 Å². The smallest absolute Gasteiger partial charge is 0.320 e. The maximum absolute atomic E-state index is 11.7. The van der Waals surface area contributed by atoms with E-state index in [1.54, 1.807) is 6.08 Å². The average molecular weight is 403 g/mol. The van der Waals surface area contributed by atoms with Crippen molar-refractivity contribution in [3.8, 4) is 0 Å². The quantitative estimate of drug-likeness (QED) is 0.328. The van der Waals surface area contributed by atoms with Gasteiger partial charge in [-0.2, -0.15) is 0 Å². The van der Waals surface area contributed by atoms with E-state index in [2.05, 4.69) is 44.0 Å². The highest BCUT2D eigenvalue weighted by atomic mass is 127. The number of ether oxygens (including phenoxy) is 2. The molecule has 0 saturated heterocycles. The summed E-state index contributed by atoms with van der Waals surface area (Å²) in [7, 11) is 2.49. The van der Waals surface area contributed by atoms with Gasteiger partial charge in [0.2, 0.25) is 0 Å². The molecule has 0 fully saturated rings. The van der Waals surface area contributed by atoms with E-state index in [-0.39, 0.29) is 12.5 Å². The summed E-state index contributed by atoms with van der Waals surface area (Å²) < 4.78 is 10.3. The zero-order valence-corrected chi connectivity index (χ0v) is 14.1. The lowest BCUT2D eigenvalue weighted by atomic mass is 9.99. The van der Waals surface area contributed by atoms with E-state index < -0.39 is 17.9 Å². The van der Waals surface area contributed by atoms with Crippen LogP contribution in [0.15, 0.2) is 36.9 Å². The van der Waals surface area contributed by atoms with Gasteiger partial charge in [-0.15, -0.1) is 6.58 Å². The molecule has 114 valence electrons. The lowest BCUT2D eigenvalue weighted by Gasteiger charge is -2.20. The number of para-hydroxylation sites is 1. The van der Waals surface area contributed by atoms with Crippen molar-refractivity contribution < 1.29 is 19.1 Å². The van der Waals surface area contributed by atoms with E-state index in [1.165, 1.54) is 14.2 Å². The summed E-state index contributed by atoms with van der Waals surface area (Å²) in [5.74, 6) is -2.20. The fraction of sp³-hybridized carbons (Fsp3) is 0.333. The van der Waals surface area contributed by atoms with Crippen LogP contribution in [0.2, 0.25) is 0 Å². The Morgan fingerprint density at radius 2 is 1.86 bits per heavy atom. The molecule has 0 saturated carbocycles. The van der Waals surface area contributed by atoms with Crippen LogP contribution in [0.25, 0.3) is 0 Å². The van der Waals surface area contributed by atoms with Crippen LogP contribution in [0, 0.1) is 9.49 Å². The maximum Gasteiger partial charge on any atom is 0.320 e. The van der Waals surface area contributed by atoms with Crippen molar-refractivity contribution in [1.29, 1.82) is 0 Å². The van der Waals surface area contributed by atoms with E-state index in [9.17, 15) is 9.59 Å². The molecule has 21 heavy (non-hydrogen) atoms. The van der Waals surface area contributed by atoms with Crippen molar-refractivity contribution in [2.75, 3.05) is 19.5 Å². The molecule has 0 bridgehead atoms. The highest BCUT2D eigenvalue weighted by Gasteiger charge is 2.30. The van der Waals surface area contributed by atoms with Crippen molar-refractivity contribution in [2.45, 2.75) is 12.5 Å². The summed E-state index contributed by atoms with van der Waals surface area (Å²) in [6.45, 7) is 3.74. The number of carbonyl (C=O) groups excluding carboxylic acids is 2. The molecular weight excluding hydrogens is 385 g/mol. The molecule has 1 unspecified atom stereocenters. The lowest BCUT2D eigenvalue weighted by Crippen LogP contribution is -2.32. The molecular formula is C15H18INO4. The number of carbonyl (C=O) groups is 2. The predicted octanol–water partition coefficient (Wildman–Crippen LogP) is 2.61. The molecule has 1 atom stereocenters. The normalized spacial score (nSPS) is 11.6. The molecule has 1 aromatic rings. The highest BCUT2D eigenvalue weighted by molar-refractivity contribution is 14.1. The zero-order chi connectivity index (χ0) is 15.8. The predicted molar refractivity (Wildman–Crippen MR) is 88.9 cm³/mol. The molecule has 1 N–H and O–H groups in total. The topological polar surface area (TPSA) is 64.6 Å². The third-order valence-corrected chi connectivity index (χ3v) is 3.90. The third kappa shape index (κ3) is 5.04. The molecule has 6 heteroatoms. The third-order valence-electron chi connectivity index (χ3n) is 2.96. The van der Waals surface area contributed by atoms with E-state index in [0.29, 0.717) is 0 Å². The van der Waals surface area contributed by atoms with Gasteiger partial charge in [0.05, 0.1) is 14.2 Å². The molecule has 0 heterocycles. The van der Waals surface area contributed by atoms with E-state index in [1.807, 2.05) is 24.3 Å². The van der Waals surface area contributed by atoms with Gasteiger partial charge in [-0.1, -0.05) is 18.2 Å². The first kappa shape index (κ1) is 17.5. The van der Waals surface area contributed by atoms with Gasteiger partial charge in [0.25, 0.3) is 0 Å². The second-order valence-electron chi connectivity index (χ2n) is 4.30. The van der Waals surface area contributed by atoms with Gasteiger partial charge in [-0.25, -0.2) is 0 Å². The summed E-state index contributed by atoms with van der Waals surface area (Å²) in [5, 5.41) is 3.24. The van der Waals surface area contributed by atoms with Gasteiger partial charge < -0.3 is 14.8 Å². The number of hydrogen-bond acceptors (Lipinski definition) is 5. The van der Waals surface area contributed by atoms with E-state index in [0.717, 1.165) is 9.26 Å². The maximum atomic E-state index is 11.7. The van der Waals surface area contributed by atoms with Crippen molar-refractivity contribution in [2.24, 2.45) is 5.92 Å². The number of methoxy groups -OCH3 is 2. The number of rotatable bonds is 7. The highest BCUT2D eigenvalue weighted by Crippen LogP contribution is 2.21. The van der Waals surface area contributed by atoms with Crippen LogP contribution in [0.1, 0.15) is 6.42 Å². The Morgan fingerprint density at radius 1 is 1.29 bits per heavy atom. The summed E-state index contributed by atoms with van der Waals surface area (Å²) in [6.07, 6.45) is 1.87. The van der Waals surface area contributed by atoms with Crippen molar-refractivity contribution in [3.63, 3.8) is 0 Å². The van der Waals surface area contributed by atoms with E-state index >= 15 is 0 Å². The van der Waals surface area contributed by atoms with Crippen LogP contribution in [0.4, 0.5) is 5.69 Å². The molecule has 0 aliphatic heterocycles. The molecule has 1 aromatic carbocycles. The van der Waals surface area contributed by atoms with E-state index in [4.69, 9.17) is 0 Å². The van der Waals surface area contributed by atoms with Crippen LogP contribution in [0.5, 0.6) is 0 Å². The zero-order valence-electron chi connectivity index (χ0n) is 12.0. The number of nitrogens with one attached hydrogen (secondary N) is 1. The molecule has 0 aliphatic carbocycles. The molecule has 0 amide bonds. The van der Waals surface area contributed by atoms with Gasteiger partial charge >= 0.3 is 11.9 Å². The fourth-order valence-corrected chi connectivity index (χ4v) is 2.36. The molecule has 0 aromatic heterocycles. The summed E-state index contributed by atoms with van der Waals surface area (Å²) in [5.41, 5.74) is 0.913. The van der Waals surface area contributed by atoms with Gasteiger partial charge in [0, 0.05) is 15.3 Å². The Kier molecular flexibility index (Phi) is 7.21. The first-order valence-corrected chi connectivity index (χ1v) is 7.40. The second-order valence-corrected chi connectivity index (χ2v) is 5.46. The monoisotopic (exact) mass is 403 g/mol. The first-order valence-electron chi connectivity index (χ1n) is 6.32. The van der Waals surface area contributed by atoms with Gasteiger partial charge in [-0.05, 0) is 41.1 Å². The largest absolute Gasteiger partial charge is 0.468 e. The van der Waals surface area contributed by atoms with Crippen LogP contribution >= 0.6 is 22.6 Å².